The Kier molecular flexibility index (Phi) is 5.50. The molecule has 0 bridgehead atoms. The lowest BCUT2D eigenvalue weighted by Gasteiger charge is -2.07. The average molecular weight is 453 g/mol. The fourth-order valence-corrected chi connectivity index (χ4v) is 4.16. The highest BCUT2D eigenvalue weighted by Gasteiger charge is 2.24. The van der Waals surface area contributed by atoms with Gasteiger partial charge in [0.05, 0.1) is 17.2 Å². The van der Waals surface area contributed by atoms with Gasteiger partial charge in [-0.15, -0.1) is 0 Å². The minimum atomic E-state index is -0.161. The molecule has 0 saturated carbocycles. The Bertz CT molecular complexity index is 1120. The molecule has 3 aromatic carbocycles. The number of benzene rings is 3. The largest absolute Gasteiger partial charge is 0.493 e. The highest BCUT2D eigenvalue weighted by Crippen LogP contribution is 2.33. The number of rotatable bonds is 4. The summed E-state index contributed by atoms with van der Waals surface area (Å²) in [5.41, 5.74) is 1.68. The number of halogens is 1. The number of fused-ring (bicyclic) bond motifs is 1. The first-order valence-corrected chi connectivity index (χ1v) is 10.4. The van der Waals surface area contributed by atoms with Crippen molar-refractivity contribution in [3.05, 3.63) is 75.6 Å². The number of nitrogens with zero attached hydrogens (tertiary/aromatic N) is 1. The molecule has 1 aliphatic rings. The first-order valence-electron chi connectivity index (χ1n) is 8.84. The Morgan fingerprint density at radius 2 is 1.96 bits per heavy atom. The second kappa shape index (κ2) is 8.20. The Morgan fingerprint density at radius 3 is 2.82 bits per heavy atom. The van der Waals surface area contributed by atoms with E-state index in [1.807, 2.05) is 73.7 Å². The van der Waals surface area contributed by atoms with Gasteiger partial charge in [-0.25, -0.2) is 4.99 Å². The minimum Gasteiger partial charge on any atom is -0.493 e. The van der Waals surface area contributed by atoms with E-state index in [1.165, 1.54) is 11.8 Å². The van der Waals surface area contributed by atoms with Gasteiger partial charge < -0.3 is 10.1 Å². The lowest BCUT2D eigenvalue weighted by atomic mass is 10.1. The number of amidine groups is 1. The molecule has 0 aliphatic carbocycles. The van der Waals surface area contributed by atoms with Gasteiger partial charge in [0, 0.05) is 15.4 Å². The minimum absolute atomic E-state index is 0.161. The molecule has 1 saturated heterocycles. The summed E-state index contributed by atoms with van der Waals surface area (Å²) in [6.07, 6.45) is 1.83. The van der Waals surface area contributed by atoms with Crippen LogP contribution in [0.5, 0.6) is 5.75 Å². The molecule has 4 rings (SSSR count). The van der Waals surface area contributed by atoms with Gasteiger partial charge in [0.15, 0.2) is 5.17 Å². The number of aliphatic imine (C=N–C) groups is 1. The molecule has 1 amide bonds. The Labute approximate surface area is 175 Å². The summed E-state index contributed by atoms with van der Waals surface area (Å²) >= 11 is 4.80. The first-order chi connectivity index (χ1) is 13.6. The van der Waals surface area contributed by atoms with E-state index in [9.17, 15) is 4.79 Å². The van der Waals surface area contributed by atoms with Crippen LogP contribution in [0.1, 0.15) is 12.5 Å². The maximum atomic E-state index is 12.5. The van der Waals surface area contributed by atoms with Crippen LogP contribution in [0.4, 0.5) is 5.69 Å². The van der Waals surface area contributed by atoms with Crippen molar-refractivity contribution in [2.24, 2.45) is 4.99 Å². The number of amides is 1. The molecule has 1 aliphatic heterocycles. The van der Waals surface area contributed by atoms with E-state index < -0.39 is 0 Å². The van der Waals surface area contributed by atoms with Crippen LogP contribution in [0, 0.1) is 0 Å². The van der Waals surface area contributed by atoms with Crippen LogP contribution in [-0.2, 0) is 4.79 Å². The third-order valence-electron chi connectivity index (χ3n) is 4.20. The molecular formula is C22H17BrN2O2S. The highest BCUT2D eigenvalue weighted by molar-refractivity contribution is 9.10. The smallest absolute Gasteiger partial charge is 0.264 e. The van der Waals surface area contributed by atoms with E-state index in [2.05, 4.69) is 26.2 Å². The molecule has 0 atom stereocenters. The van der Waals surface area contributed by atoms with E-state index in [4.69, 9.17) is 4.74 Å². The SMILES string of the molecule is CCOc1ccc(Br)cc1C=C1SC(=Nc2cccc3ccccc23)NC1=O. The van der Waals surface area contributed by atoms with Gasteiger partial charge in [-0.2, -0.15) is 0 Å². The summed E-state index contributed by atoms with van der Waals surface area (Å²) < 4.78 is 6.60. The lowest BCUT2D eigenvalue weighted by molar-refractivity contribution is -0.115. The normalized spacial score (nSPS) is 16.7. The zero-order chi connectivity index (χ0) is 19.5. The topological polar surface area (TPSA) is 50.7 Å². The number of carbonyl (C=O) groups excluding carboxylic acids is 1. The summed E-state index contributed by atoms with van der Waals surface area (Å²) in [6, 6.07) is 19.8. The van der Waals surface area contributed by atoms with Gasteiger partial charge in [-0.3, -0.25) is 4.79 Å². The van der Waals surface area contributed by atoms with Gasteiger partial charge in [0.2, 0.25) is 0 Å². The molecule has 6 heteroatoms. The second-order valence-corrected chi connectivity index (χ2v) is 8.04. The number of nitrogens with one attached hydrogen (secondary N) is 1. The quantitative estimate of drug-likeness (QED) is 0.501. The molecule has 3 aromatic rings. The fourth-order valence-electron chi connectivity index (χ4n) is 2.96. The average Bonchev–Trinajstić information content (AvgIpc) is 3.03. The van der Waals surface area contributed by atoms with Gasteiger partial charge in [0.25, 0.3) is 5.91 Å². The number of thioether (sulfide) groups is 1. The van der Waals surface area contributed by atoms with E-state index in [-0.39, 0.29) is 5.91 Å². The van der Waals surface area contributed by atoms with Crippen molar-refractivity contribution < 1.29 is 9.53 Å². The summed E-state index contributed by atoms with van der Waals surface area (Å²) in [6.45, 7) is 2.50. The third kappa shape index (κ3) is 3.98. The summed E-state index contributed by atoms with van der Waals surface area (Å²) in [5.74, 6) is 0.581. The zero-order valence-corrected chi connectivity index (χ0v) is 17.5. The Morgan fingerprint density at radius 1 is 1.14 bits per heavy atom. The van der Waals surface area contributed by atoms with E-state index in [0.717, 1.165) is 32.2 Å². The van der Waals surface area contributed by atoms with Crippen molar-refractivity contribution in [2.45, 2.75) is 6.92 Å². The molecule has 0 unspecified atom stereocenters. The molecule has 140 valence electrons. The second-order valence-electron chi connectivity index (χ2n) is 6.10. The number of ether oxygens (including phenoxy) is 1. The number of carbonyl (C=O) groups is 1. The van der Waals surface area contributed by atoms with Crippen LogP contribution in [0.25, 0.3) is 16.8 Å². The molecular weight excluding hydrogens is 436 g/mol. The van der Waals surface area contributed by atoms with Crippen LogP contribution in [0.3, 0.4) is 0 Å². The Balaban J connectivity index is 1.67. The molecule has 4 nitrogen and oxygen atoms in total. The van der Waals surface area contributed by atoms with Crippen LogP contribution in [0.2, 0.25) is 0 Å². The van der Waals surface area contributed by atoms with Crippen molar-refractivity contribution >= 4 is 61.3 Å². The summed E-state index contributed by atoms with van der Waals surface area (Å²) in [7, 11) is 0. The van der Waals surface area contributed by atoms with Crippen molar-refractivity contribution in [1.82, 2.24) is 5.32 Å². The number of hydrogen-bond donors (Lipinski definition) is 1. The van der Waals surface area contributed by atoms with Crippen LogP contribution in [-0.4, -0.2) is 17.7 Å². The van der Waals surface area contributed by atoms with E-state index >= 15 is 0 Å². The van der Waals surface area contributed by atoms with Crippen LogP contribution < -0.4 is 10.1 Å². The standard InChI is InChI=1S/C22H17BrN2O2S/c1-2-27-19-11-10-16(23)12-15(19)13-20-21(26)25-22(28-20)24-18-9-5-7-14-6-3-4-8-17(14)18/h3-13H,2H2,1H3,(H,24,25,26). The lowest BCUT2D eigenvalue weighted by Crippen LogP contribution is -2.19. The molecule has 0 spiro atoms. The molecule has 1 N–H and O–H groups in total. The van der Waals surface area contributed by atoms with Gasteiger partial charge in [-0.05, 0) is 54.4 Å². The monoisotopic (exact) mass is 452 g/mol. The van der Waals surface area contributed by atoms with Crippen LogP contribution in [0.15, 0.2) is 75.0 Å². The van der Waals surface area contributed by atoms with Crippen molar-refractivity contribution in [2.75, 3.05) is 6.61 Å². The van der Waals surface area contributed by atoms with Crippen molar-refractivity contribution in [3.8, 4) is 5.75 Å². The maximum absolute atomic E-state index is 12.5. The predicted molar refractivity (Wildman–Crippen MR) is 120 cm³/mol. The maximum Gasteiger partial charge on any atom is 0.264 e. The van der Waals surface area contributed by atoms with Gasteiger partial charge in [-0.1, -0.05) is 52.3 Å². The van der Waals surface area contributed by atoms with Gasteiger partial charge in [0.1, 0.15) is 5.75 Å². The first kappa shape index (κ1) is 18.8. The van der Waals surface area contributed by atoms with Crippen molar-refractivity contribution in [1.29, 1.82) is 0 Å². The van der Waals surface area contributed by atoms with Crippen molar-refractivity contribution in [3.63, 3.8) is 0 Å². The zero-order valence-electron chi connectivity index (χ0n) is 15.1. The van der Waals surface area contributed by atoms with Gasteiger partial charge >= 0.3 is 0 Å². The van der Waals surface area contributed by atoms with Crippen LogP contribution >= 0.6 is 27.7 Å². The molecule has 28 heavy (non-hydrogen) atoms. The van der Waals surface area contributed by atoms with E-state index in [0.29, 0.717) is 16.7 Å². The molecule has 1 heterocycles. The molecule has 0 radical (unpaired) electrons. The third-order valence-corrected chi connectivity index (χ3v) is 5.60. The van der Waals surface area contributed by atoms with E-state index in [1.54, 1.807) is 0 Å². The highest BCUT2D eigenvalue weighted by atomic mass is 79.9. The summed E-state index contributed by atoms with van der Waals surface area (Å²) in [5, 5.41) is 5.59. The number of hydrogen-bond acceptors (Lipinski definition) is 4. The molecule has 0 aromatic heterocycles. The Hall–Kier alpha value is -2.57. The fraction of sp³-hybridized carbons (Fsp3) is 0.0909. The summed E-state index contributed by atoms with van der Waals surface area (Å²) in [4.78, 5) is 17.7. The predicted octanol–water partition coefficient (Wildman–Crippen LogP) is 5.89. The molecule has 1 fully saturated rings.